The molecule has 2 aromatic heterocycles. The van der Waals surface area contributed by atoms with Crippen molar-refractivity contribution in [2.24, 2.45) is 0 Å². The van der Waals surface area contributed by atoms with E-state index in [4.69, 9.17) is 16.6 Å². The molecule has 0 fully saturated rings. The summed E-state index contributed by atoms with van der Waals surface area (Å²) < 4.78 is 5.96. The molecule has 1 amide bonds. The zero-order valence-corrected chi connectivity index (χ0v) is 12.0. The van der Waals surface area contributed by atoms with E-state index in [-0.39, 0.29) is 10.9 Å². The number of amides is 1. The van der Waals surface area contributed by atoms with E-state index < -0.39 is 5.91 Å². The lowest BCUT2D eigenvalue weighted by Crippen LogP contribution is -2.34. The first-order chi connectivity index (χ1) is 8.65. The highest BCUT2D eigenvalue weighted by molar-refractivity contribution is 14.1. The third kappa shape index (κ3) is 3.50. The third-order valence-corrected chi connectivity index (χ3v) is 2.78. The Morgan fingerprint density at radius 1 is 1.39 bits per heavy atom. The maximum Gasteiger partial charge on any atom is 0.293 e. The normalized spacial score (nSPS) is 9.83. The topological polar surface area (TPSA) is 67.2 Å². The molecule has 0 unspecified atom stereocenters. The van der Waals surface area contributed by atoms with Crippen molar-refractivity contribution in [3.8, 4) is 0 Å². The Labute approximate surface area is 122 Å². The fraction of sp³-hybridized carbons (Fsp3) is 0. The van der Waals surface area contributed by atoms with Gasteiger partial charge in [0, 0.05) is 9.77 Å². The highest BCUT2D eigenvalue weighted by Crippen LogP contribution is 2.07. The number of thiocarbonyl (C=S) groups is 1. The zero-order chi connectivity index (χ0) is 13.0. The largest absolute Gasteiger partial charge is 0.459 e. The number of carbonyl (C=O) groups is 1. The van der Waals surface area contributed by atoms with E-state index in [9.17, 15) is 4.79 Å². The first kappa shape index (κ1) is 13.0. The van der Waals surface area contributed by atoms with Gasteiger partial charge in [-0.05, 0) is 59.1 Å². The van der Waals surface area contributed by atoms with Gasteiger partial charge < -0.3 is 9.73 Å². The van der Waals surface area contributed by atoms with Crippen LogP contribution in [0.15, 0.2) is 41.1 Å². The maximum absolute atomic E-state index is 11.6. The minimum Gasteiger partial charge on any atom is -0.459 e. The van der Waals surface area contributed by atoms with E-state index in [1.807, 2.05) is 6.07 Å². The Bertz CT molecular complexity index is 554. The van der Waals surface area contributed by atoms with Gasteiger partial charge >= 0.3 is 0 Å². The molecule has 0 saturated carbocycles. The molecule has 2 aromatic rings. The number of hydrogen-bond acceptors (Lipinski definition) is 4. The number of aromatic nitrogens is 1. The van der Waals surface area contributed by atoms with Gasteiger partial charge in [0.15, 0.2) is 10.9 Å². The Balaban J connectivity index is 1.93. The molecule has 2 rings (SSSR count). The highest BCUT2D eigenvalue weighted by Gasteiger charge is 2.10. The SMILES string of the molecule is O=C(NC(=S)Nc1ccc(I)cn1)c1ccco1. The molecule has 2 heterocycles. The molecular formula is C11H8IN3O2S. The van der Waals surface area contributed by atoms with E-state index in [2.05, 4.69) is 38.2 Å². The van der Waals surface area contributed by atoms with Crippen molar-refractivity contribution in [3.63, 3.8) is 0 Å². The second-order valence-electron chi connectivity index (χ2n) is 3.25. The average molecular weight is 373 g/mol. The van der Waals surface area contributed by atoms with E-state index in [0.29, 0.717) is 5.82 Å². The van der Waals surface area contributed by atoms with Crippen LogP contribution in [0.1, 0.15) is 10.6 Å². The van der Waals surface area contributed by atoms with Crippen LogP contribution < -0.4 is 10.6 Å². The molecule has 0 aromatic carbocycles. The van der Waals surface area contributed by atoms with Crippen molar-refractivity contribution in [1.82, 2.24) is 10.3 Å². The molecule has 0 atom stereocenters. The number of carbonyl (C=O) groups excluding carboxylic acids is 1. The molecule has 5 nitrogen and oxygen atoms in total. The number of furan rings is 1. The molecule has 0 bridgehead atoms. The molecule has 2 N–H and O–H groups in total. The van der Waals surface area contributed by atoms with Crippen molar-refractivity contribution in [1.29, 1.82) is 0 Å². The van der Waals surface area contributed by atoms with Crippen LogP contribution in [0.3, 0.4) is 0 Å². The summed E-state index contributed by atoms with van der Waals surface area (Å²) in [6, 6.07) is 6.84. The molecule has 7 heteroatoms. The van der Waals surface area contributed by atoms with Crippen molar-refractivity contribution in [3.05, 3.63) is 46.1 Å². The predicted molar refractivity (Wildman–Crippen MR) is 79.3 cm³/mol. The van der Waals surface area contributed by atoms with Gasteiger partial charge in [0.05, 0.1) is 6.26 Å². The van der Waals surface area contributed by atoms with Gasteiger partial charge in [-0.1, -0.05) is 0 Å². The summed E-state index contributed by atoms with van der Waals surface area (Å²) in [6.07, 6.45) is 3.12. The first-order valence-electron chi connectivity index (χ1n) is 4.92. The van der Waals surface area contributed by atoms with Crippen LogP contribution in [-0.2, 0) is 0 Å². The Kier molecular flexibility index (Phi) is 4.26. The van der Waals surface area contributed by atoms with Gasteiger partial charge in [0.1, 0.15) is 5.82 Å². The quantitative estimate of drug-likeness (QED) is 0.625. The number of nitrogens with zero attached hydrogens (tertiary/aromatic N) is 1. The van der Waals surface area contributed by atoms with Gasteiger partial charge in [-0.15, -0.1) is 0 Å². The standard InChI is InChI=1S/C11H8IN3O2S/c12-7-3-4-9(13-6-7)14-11(18)15-10(16)8-2-1-5-17-8/h1-6H,(H2,13,14,15,16,18). The summed E-state index contributed by atoms with van der Waals surface area (Å²) in [5.74, 6) is 0.373. The first-order valence-corrected chi connectivity index (χ1v) is 6.41. The molecule has 0 radical (unpaired) electrons. The number of halogens is 1. The Hall–Kier alpha value is -1.48. The van der Waals surface area contributed by atoms with E-state index >= 15 is 0 Å². The molecule has 0 aliphatic heterocycles. The molecule has 0 aliphatic rings. The highest BCUT2D eigenvalue weighted by atomic mass is 127. The van der Waals surface area contributed by atoms with Crippen molar-refractivity contribution < 1.29 is 9.21 Å². The van der Waals surface area contributed by atoms with Crippen LogP contribution >= 0.6 is 34.8 Å². The lowest BCUT2D eigenvalue weighted by Gasteiger charge is -2.07. The van der Waals surface area contributed by atoms with Crippen molar-refractivity contribution >= 4 is 51.6 Å². The minimum atomic E-state index is -0.400. The molecule has 0 saturated heterocycles. The summed E-state index contributed by atoms with van der Waals surface area (Å²) >= 11 is 7.14. The zero-order valence-electron chi connectivity index (χ0n) is 9.01. The number of nitrogens with one attached hydrogen (secondary N) is 2. The average Bonchev–Trinajstić information content (AvgIpc) is 2.85. The summed E-state index contributed by atoms with van der Waals surface area (Å²) in [5, 5.41) is 5.47. The van der Waals surface area contributed by atoms with Gasteiger partial charge in [0.25, 0.3) is 5.91 Å². The number of rotatable bonds is 2. The Morgan fingerprint density at radius 3 is 2.83 bits per heavy atom. The van der Waals surface area contributed by atoms with Gasteiger partial charge in [-0.2, -0.15) is 0 Å². The molecule has 92 valence electrons. The molecular weight excluding hydrogens is 365 g/mol. The molecule has 0 aliphatic carbocycles. The summed E-state index contributed by atoms with van der Waals surface area (Å²) in [6.45, 7) is 0. The van der Waals surface area contributed by atoms with Crippen molar-refractivity contribution in [2.75, 3.05) is 5.32 Å². The monoisotopic (exact) mass is 373 g/mol. The Morgan fingerprint density at radius 2 is 2.22 bits per heavy atom. The van der Waals surface area contributed by atoms with Crippen LogP contribution in [0.4, 0.5) is 5.82 Å². The van der Waals surface area contributed by atoms with Gasteiger partial charge in [-0.25, -0.2) is 4.98 Å². The number of anilines is 1. The van der Waals surface area contributed by atoms with Crippen LogP contribution in [0.2, 0.25) is 0 Å². The van der Waals surface area contributed by atoms with Crippen LogP contribution in [0, 0.1) is 3.57 Å². The predicted octanol–water partition coefficient (Wildman–Crippen LogP) is 2.41. The number of pyridine rings is 1. The van der Waals surface area contributed by atoms with E-state index in [0.717, 1.165) is 3.57 Å². The smallest absolute Gasteiger partial charge is 0.293 e. The van der Waals surface area contributed by atoms with E-state index in [1.165, 1.54) is 6.26 Å². The lowest BCUT2D eigenvalue weighted by molar-refractivity contribution is 0.0950. The maximum atomic E-state index is 11.6. The van der Waals surface area contributed by atoms with Gasteiger partial charge in [0.2, 0.25) is 0 Å². The fourth-order valence-corrected chi connectivity index (χ4v) is 1.69. The van der Waals surface area contributed by atoms with Gasteiger partial charge in [-0.3, -0.25) is 10.1 Å². The minimum absolute atomic E-state index is 0.171. The number of hydrogen-bond donors (Lipinski definition) is 2. The van der Waals surface area contributed by atoms with Crippen LogP contribution in [0.5, 0.6) is 0 Å². The third-order valence-electron chi connectivity index (χ3n) is 1.94. The van der Waals surface area contributed by atoms with Crippen LogP contribution in [-0.4, -0.2) is 16.0 Å². The summed E-state index contributed by atoms with van der Waals surface area (Å²) in [4.78, 5) is 15.7. The molecule has 18 heavy (non-hydrogen) atoms. The lowest BCUT2D eigenvalue weighted by atomic mass is 10.4. The molecule has 0 spiro atoms. The fourth-order valence-electron chi connectivity index (χ4n) is 1.17. The summed E-state index contributed by atoms with van der Waals surface area (Å²) in [7, 11) is 0. The second kappa shape index (κ2) is 5.91. The van der Waals surface area contributed by atoms with E-state index in [1.54, 1.807) is 24.4 Å². The summed E-state index contributed by atoms with van der Waals surface area (Å²) in [5.41, 5.74) is 0. The second-order valence-corrected chi connectivity index (χ2v) is 4.90. The van der Waals surface area contributed by atoms with Crippen molar-refractivity contribution in [2.45, 2.75) is 0 Å². The van der Waals surface area contributed by atoms with Crippen LogP contribution in [0.25, 0.3) is 0 Å².